The third kappa shape index (κ3) is 3.55. The van der Waals surface area contributed by atoms with Gasteiger partial charge in [-0.3, -0.25) is 4.90 Å². The third-order valence-corrected chi connectivity index (χ3v) is 2.41. The van der Waals surface area contributed by atoms with Crippen LogP contribution < -0.4 is 0 Å². The Labute approximate surface area is 76.5 Å². The highest BCUT2D eigenvalue weighted by atomic mass is 15.2. The fourth-order valence-corrected chi connectivity index (χ4v) is 1.53. The van der Waals surface area contributed by atoms with Crippen LogP contribution in [0.2, 0.25) is 0 Å². The molecule has 1 rings (SSSR count). The standard InChI is InChI=1S/C10H22N2/c1-4-7-12(10-5-6-10)9-8-11(2)3/h10H,4-9H2,1-3H3. The lowest BCUT2D eigenvalue weighted by Gasteiger charge is -2.22. The van der Waals surface area contributed by atoms with Crippen LogP contribution in [0, 0.1) is 0 Å². The summed E-state index contributed by atoms with van der Waals surface area (Å²) in [5, 5.41) is 0. The Bertz CT molecular complexity index is 119. The van der Waals surface area contributed by atoms with Gasteiger partial charge in [-0.1, -0.05) is 6.92 Å². The molecule has 72 valence electrons. The van der Waals surface area contributed by atoms with Gasteiger partial charge in [-0.15, -0.1) is 0 Å². The van der Waals surface area contributed by atoms with Crippen LogP contribution in [-0.4, -0.2) is 49.6 Å². The van der Waals surface area contributed by atoms with E-state index in [0.717, 1.165) is 6.04 Å². The van der Waals surface area contributed by atoms with Gasteiger partial charge >= 0.3 is 0 Å². The molecule has 0 aromatic rings. The van der Waals surface area contributed by atoms with E-state index in [2.05, 4.69) is 30.8 Å². The summed E-state index contributed by atoms with van der Waals surface area (Å²) in [6.45, 7) is 6.02. The average molecular weight is 170 g/mol. The van der Waals surface area contributed by atoms with Gasteiger partial charge < -0.3 is 4.90 Å². The molecule has 1 aliphatic carbocycles. The topological polar surface area (TPSA) is 6.48 Å². The molecule has 0 aliphatic heterocycles. The van der Waals surface area contributed by atoms with E-state index in [-0.39, 0.29) is 0 Å². The highest BCUT2D eigenvalue weighted by Crippen LogP contribution is 2.26. The number of likely N-dealkylation sites (N-methyl/N-ethyl adjacent to an activating group) is 1. The predicted octanol–water partition coefficient (Wildman–Crippen LogP) is 1.42. The Balaban J connectivity index is 2.13. The molecule has 0 heterocycles. The molecule has 0 amide bonds. The molecule has 0 radical (unpaired) electrons. The summed E-state index contributed by atoms with van der Waals surface area (Å²) in [6.07, 6.45) is 4.17. The summed E-state index contributed by atoms with van der Waals surface area (Å²) in [5.41, 5.74) is 0. The van der Waals surface area contributed by atoms with Gasteiger partial charge in [-0.25, -0.2) is 0 Å². The van der Waals surface area contributed by atoms with Crippen LogP contribution in [0.4, 0.5) is 0 Å². The fourth-order valence-electron chi connectivity index (χ4n) is 1.53. The van der Waals surface area contributed by atoms with Gasteiger partial charge in [0.1, 0.15) is 0 Å². The van der Waals surface area contributed by atoms with Crippen molar-refractivity contribution in [1.29, 1.82) is 0 Å². The zero-order valence-corrected chi connectivity index (χ0v) is 8.71. The summed E-state index contributed by atoms with van der Waals surface area (Å²) >= 11 is 0. The van der Waals surface area contributed by atoms with Crippen molar-refractivity contribution in [2.75, 3.05) is 33.7 Å². The van der Waals surface area contributed by atoms with E-state index in [1.54, 1.807) is 0 Å². The van der Waals surface area contributed by atoms with Crippen molar-refractivity contribution in [3.05, 3.63) is 0 Å². The minimum atomic E-state index is 0.935. The second-order valence-electron chi connectivity index (χ2n) is 4.07. The lowest BCUT2D eigenvalue weighted by atomic mass is 10.4. The lowest BCUT2D eigenvalue weighted by molar-refractivity contribution is 0.232. The largest absolute Gasteiger partial charge is 0.308 e. The number of rotatable bonds is 6. The van der Waals surface area contributed by atoms with Crippen molar-refractivity contribution in [3.63, 3.8) is 0 Å². The molecule has 0 bridgehead atoms. The lowest BCUT2D eigenvalue weighted by Crippen LogP contribution is -2.33. The highest BCUT2D eigenvalue weighted by Gasteiger charge is 2.27. The van der Waals surface area contributed by atoms with Crippen LogP contribution in [0.25, 0.3) is 0 Å². The van der Waals surface area contributed by atoms with Crippen LogP contribution in [-0.2, 0) is 0 Å². The summed E-state index contributed by atoms with van der Waals surface area (Å²) in [4.78, 5) is 4.91. The minimum absolute atomic E-state index is 0.935. The Morgan fingerprint density at radius 2 is 1.75 bits per heavy atom. The monoisotopic (exact) mass is 170 g/mol. The number of hydrogen-bond acceptors (Lipinski definition) is 2. The van der Waals surface area contributed by atoms with E-state index < -0.39 is 0 Å². The Morgan fingerprint density at radius 1 is 1.08 bits per heavy atom. The van der Waals surface area contributed by atoms with E-state index in [4.69, 9.17) is 0 Å². The van der Waals surface area contributed by atoms with Gasteiger partial charge in [0.2, 0.25) is 0 Å². The second kappa shape index (κ2) is 4.83. The van der Waals surface area contributed by atoms with Gasteiger partial charge in [0, 0.05) is 19.1 Å². The zero-order valence-electron chi connectivity index (χ0n) is 8.71. The van der Waals surface area contributed by atoms with E-state index in [1.807, 2.05) is 0 Å². The maximum Gasteiger partial charge on any atom is 0.0112 e. The molecule has 0 spiro atoms. The molecule has 12 heavy (non-hydrogen) atoms. The van der Waals surface area contributed by atoms with E-state index in [1.165, 1.54) is 38.9 Å². The maximum absolute atomic E-state index is 2.64. The Kier molecular flexibility index (Phi) is 4.02. The van der Waals surface area contributed by atoms with Crippen molar-refractivity contribution < 1.29 is 0 Å². The predicted molar refractivity (Wildman–Crippen MR) is 53.4 cm³/mol. The van der Waals surface area contributed by atoms with E-state index in [9.17, 15) is 0 Å². The fraction of sp³-hybridized carbons (Fsp3) is 1.00. The molecule has 0 aromatic heterocycles. The first-order valence-electron chi connectivity index (χ1n) is 5.12. The van der Waals surface area contributed by atoms with Gasteiger partial charge in [-0.2, -0.15) is 0 Å². The normalized spacial score (nSPS) is 17.8. The molecule has 0 N–H and O–H groups in total. The van der Waals surface area contributed by atoms with Crippen LogP contribution in [0.5, 0.6) is 0 Å². The summed E-state index contributed by atoms with van der Waals surface area (Å²) in [7, 11) is 4.30. The molecule has 0 aromatic carbocycles. The number of nitrogens with zero attached hydrogens (tertiary/aromatic N) is 2. The SMILES string of the molecule is CCCN(CCN(C)C)C1CC1. The maximum atomic E-state index is 2.64. The first-order valence-corrected chi connectivity index (χ1v) is 5.12. The quantitative estimate of drug-likeness (QED) is 0.595. The Morgan fingerprint density at radius 3 is 2.17 bits per heavy atom. The third-order valence-electron chi connectivity index (χ3n) is 2.41. The van der Waals surface area contributed by atoms with Crippen molar-refractivity contribution in [1.82, 2.24) is 9.80 Å². The molecule has 0 atom stereocenters. The molecule has 2 nitrogen and oxygen atoms in total. The first-order chi connectivity index (χ1) is 5.74. The number of hydrogen-bond donors (Lipinski definition) is 0. The summed E-state index contributed by atoms with van der Waals surface area (Å²) in [5.74, 6) is 0. The second-order valence-corrected chi connectivity index (χ2v) is 4.07. The van der Waals surface area contributed by atoms with Gasteiger partial charge in [-0.05, 0) is 39.9 Å². The van der Waals surface area contributed by atoms with Gasteiger partial charge in [0.25, 0.3) is 0 Å². The van der Waals surface area contributed by atoms with Crippen LogP contribution in [0.15, 0.2) is 0 Å². The molecule has 1 aliphatic rings. The average Bonchev–Trinajstić information content (AvgIpc) is 2.79. The molecule has 1 saturated carbocycles. The Hall–Kier alpha value is -0.0800. The van der Waals surface area contributed by atoms with Crippen molar-refractivity contribution in [2.24, 2.45) is 0 Å². The zero-order chi connectivity index (χ0) is 8.97. The van der Waals surface area contributed by atoms with Crippen LogP contribution in [0.3, 0.4) is 0 Å². The summed E-state index contributed by atoms with van der Waals surface area (Å²) < 4.78 is 0. The van der Waals surface area contributed by atoms with Gasteiger partial charge in [0.15, 0.2) is 0 Å². The van der Waals surface area contributed by atoms with Crippen LogP contribution >= 0.6 is 0 Å². The molecule has 0 saturated heterocycles. The van der Waals surface area contributed by atoms with Gasteiger partial charge in [0.05, 0.1) is 0 Å². The van der Waals surface area contributed by atoms with Crippen molar-refractivity contribution >= 4 is 0 Å². The van der Waals surface area contributed by atoms with Crippen LogP contribution in [0.1, 0.15) is 26.2 Å². The minimum Gasteiger partial charge on any atom is -0.308 e. The van der Waals surface area contributed by atoms with Crippen molar-refractivity contribution in [3.8, 4) is 0 Å². The molecular weight excluding hydrogens is 148 g/mol. The smallest absolute Gasteiger partial charge is 0.0112 e. The highest BCUT2D eigenvalue weighted by molar-refractivity contribution is 4.84. The molecule has 2 heteroatoms. The molecule has 0 unspecified atom stereocenters. The van der Waals surface area contributed by atoms with E-state index >= 15 is 0 Å². The van der Waals surface area contributed by atoms with E-state index in [0.29, 0.717) is 0 Å². The molecule has 1 fully saturated rings. The molecular formula is C10H22N2. The summed E-state index contributed by atoms with van der Waals surface area (Å²) in [6, 6.07) is 0.935. The first kappa shape index (κ1) is 10.0. The van der Waals surface area contributed by atoms with Crippen molar-refractivity contribution in [2.45, 2.75) is 32.2 Å².